The van der Waals surface area contributed by atoms with Crippen molar-refractivity contribution < 1.29 is 4.79 Å². The Hall–Kier alpha value is -1.46. The van der Waals surface area contributed by atoms with Crippen LogP contribution >= 0.6 is 24.8 Å². The maximum Gasteiger partial charge on any atom is 0.326 e. The fourth-order valence-corrected chi connectivity index (χ4v) is 2.58. The van der Waals surface area contributed by atoms with E-state index in [2.05, 4.69) is 22.5 Å². The second-order valence-electron chi connectivity index (χ2n) is 6.23. The molecule has 0 aromatic heterocycles. The molecule has 0 saturated carbocycles. The summed E-state index contributed by atoms with van der Waals surface area (Å²) in [7, 11) is 0. The summed E-state index contributed by atoms with van der Waals surface area (Å²) in [5.41, 5.74) is 8.61. The minimum Gasteiger partial charge on any atom is -0.370 e. The van der Waals surface area contributed by atoms with E-state index in [1.807, 2.05) is 32.0 Å². The number of urea groups is 1. The number of anilines is 1. The lowest BCUT2D eigenvalue weighted by Gasteiger charge is -2.12. The van der Waals surface area contributed by atoms with Crippen LogP contribution in [-0.2, 0) is 0 Å². The van der Waals surface area contributed by atoms with Gasteiger partial charge < -0.3 is 11.1 Å². The predicted molar refractivity (Wildman–Crippen MR) is 117 cm³/mol. The van der Waals surface area contributed by atoms with Crippen molar-refractivity contribution in [3.05, 3.63) is 29.3 Å². The van der Waals surface area contributed by atoms with Gasteiger partial charge in [0.05, 0.1) is 0 Å². The Bertz CT molecular complexity index is 530. The number of hydrogen-bond acceptors (Lipinski definition) is 2. The lowest BCUT2D eigenvalue weighted by Crippen LogP contribution is -2.40. The number of aliphatic imine (C=N–C) groups is 1. The Balaban J connectivity index is 0. The third-order valence-corrected chi connectivity index (χ3v) is 4.01. The zero-order valence-electron chi connectivity index (χ0n) is 16.1. The zero-order chi connectivity index (χ0) is 17.8. The van der Waals surface area contributed by atoms with E-state index in [1.165, 1.54) is 32.1 Å². The number of hydrogen-bond donors (Lipinski definition) is 3. The average molecular weight is 405 g/mol. The quantitative estimate of drug-likeness (QED) is 0.295. The number of amides is 2. The predicted octanol–water partition coefficient (Wildman–Crippen LogP) is 5.33. The highest BCUT2D eigenvalue weighted by molar-refractivity contribution is 6.02. The second-order valence-corrected chi connectivity index (χ2v) is 6.23. The van der Waals surface area contributed by atoms with Gasteiger partial charge in [-0.05, 0) is 31.4 Å². The molecule has 0 aliphatic heterocycles. The monoisotopic (exact) mass is 404 g/mol. The summed E-state index contributed by atoms with van der Waals surface area (Å²) >= 11 is 0. The van der Waals surface area contributed by atoms with Crippen LogP contribution in [0.15, 0.2) is 23.2 Å². The SMILES string of the molecule is CCCCCCCCCN=C(N)NC(=O)Nc1c(C)cccc1C.Cl.Cl. The highest BCUT2D eigenvalue weighted by Gasteiger charge is 2.07. The van der Waals surface area contributed by atoms with Gasteiger partial charge in [-0.3, -0.25) is 10.3 Å². The molecule has 0 aliphatic carbocycles. The number of halogens is 2. The molecule has 0 bridgehead atoms. The molecular formula is C19H34Cl2N4O. The summed E-state index contributed by atoms with van der Waals surface area (Å²) in [5, 5.41) is 5.41. The Morgan fingerprint density at radius 2 is 1.54 bits per heavy atom. The van der Waals surface area contributed by atoms with Crippen molar-refractivity contribution in [3.63, 3.8) is 0 Å². The van der Waals surface area contributed by atoms with Crippen LogP contribution in [0.5, 0.6) is 0 Å². The molecule has 150 valence electrons. The van der Waals surface area contributed by atoms with Crippen LogP contribution in [0.25, 0.3) is 0 Å². The first kappa shape index (κ1) is 26.8. The first-order valence-corrected chi connectivity index (χ1v) is 8.98. The molecule has 1 rings (SSSR count). The number of nitrogens with one attached hydrogen (secondary N) is 2. The van der Waals surface area contributed by atoms with E-state index in [0.29, 0.717) is 6.54 Å². The number of carbonyl (C=O) groups excluding carboxylic acids is 1. The van der Waals surface area contributed by atoms with E-state index in [4.69, 9.17) is 5.73 Å². The number of para-hydroxylation sites is 1. The second kappa shape index (κ2) is 15.8. The van der Waals surface area contributed by atoms with Gasteiger partial charge in [0.15, 0.2) is 5.96 Å². The van der Waals surface area contributed by atoms with Gasteiger partial charge >= 0.3 is 6.03 Å². The summed E-state index contributed by atoms with van der Waals surface area (Å²) in [6.07, 6.45) is 8.63. The molecule has 0 unspecified atom stereocenters. The van der Waals surface area contributed by atoms with Gasteiger partial charge in [0.25, 0.3) is 0 Å². The molecule has 0 saturated heterocycles. The van der Waals surface area contributed by atoms with Crippen molar-refractivity contribution in [3.8, 4) is 0 Å². The zero-order valence-corrected chi connectivity index (χ0v) is 17.8. The molecule has 7 heteroatoms. The molecule has 5 nitrogen and oxygen atoms in total. The topological polar surface area (TPSA) is 79.5 Å². The average Bonchev–Trinajstić information content (AvgIpc) is 2.53. The number of guanidine groups is 1. The summed E-state index contributed by atoms with van der Waals surface area (Å²) in [6.45, 7) is 6.80. The first-order valence-electron chi connectivity index (χ1n) is 8.98. The number of rotatable bonds is 9. The van der Waals surface area contributed by atoms with Gasteiger partial charge in [-0.25, -0.2) is 4.79 Å². The summed E-state index contributed by atoms with van der Waals surface area (Å²) in [4.78, 5) is 16.2. The van der Waals surface area contributed by atoms with Crippen molar-refractivity contribution in [2.75, 3.05) is 11.9 Å². The number of carbonyl (C=O) groups is 1. The van der Waals surface area contributed by atoms with Crippen LogP contribution in [-0.4, -0.2) is 18.5 Å². The van der Waals surface area contributed by atoms with Gasteiger partial charge in [-0.1, -0.05) is 63.6 Å². The largest absolute Gasteiger partial charge is 0.370 e. The van der Waals surface area contributed by atoms with E-state index >= 15 is 0 Å². The molecule has 0 spiro atoms. The van der Waals surface area contributed by atoms with Crippen LogP contribution in [0.1, 0.15) is 63.0 Å². The highest BCUT2D eigenvalue weighted by atomic mass is 35.5. The third kappa shape index (κ3) is 11.2. The van der Waals surface area contributed by atoms with Crippen LogP contribution in [0.4, 0.5) is 10.5 Å². The Morgan fingerprint density at radius 1 is 1.00 bits per heavy atom. The van der Waals surface area contributed by atoms with E-state index in [-0.39, 0.29) is 36.8 Å². The summed E-state index contributed by atoms with van der Waals surface area (Å²) in [6, 6.07) is 5.53. The molecule has 0 atom stereocenters. The van der Waals surface area contributed by atoms with E-state index < -0.39 is 0 Å². The minimum absolute atomic E-state index is 0. The van der Waals surface area contributed by atoms with Crippen LogP contribution in [0.2, 0.25) is 0 Å². The Kier molecular flexibility index (Phi) is 16.2. The molecular weight excluding hydrogens is 371 g/mol. The van der Waals surface area contributed by atoms with Crippen molar-refractivity contribution in [2.24, 2.45) is 10.7 Å². The lowest BCUT2D eigenvalue weighted by atomic mass is 10.1. The van der Waals surface area contributed by atoms with Crippen molar-refractivity contribution in [2.45, 2.75) is 65.7 Å². The van der Waals surface area contributed by atoms with E-state index in [9.17, 15) is 4.79 Å². The molecule has 0 heterocycles. The molecule has 4 N–H and O–H groups in total. The van der Waals surface area contributed by atoms with Crippen molar-refractivity contribution in [1.82, 2.24) is 5.32 Å². The maximum absolute atomic E-state index is 12.0. The third-order valence-electron chi connectivity index (χ3n) is 4.01. The molecule has 0 aliphatic rings. The highest BCUT2D eigenvalue weighted by Crippen LogP contribution is 2.18. The molecule has 0 radical (unpaired) electrons. The number of aryl methyl sites for hydroxylation is 2. The molecule has 26 heavy (non-hydrogen) atoms. The van der Waals surface area contributed by atoms with Crippen molar-refractivity contribution in [1.29, 1.82) is 0 Å². The standard InChI is InChI=1S/C19H32N4O.2ClH/c1-4-5-6-7-8-9-10-14-21-18(20)23-19(24)22-17-15(2)12-11-13-16(17)3;;/h11-13H,4-10,14H2,1-3H3,(H4,20,21,22,23,24);2*1H. The fraction of sp³-hybridized carbons (Fsp3) is 0.579. The van der Waals surface area contributed by atoms with Crippen LogP contribution < -0.4 is 16.4 Å². The van der Waals surface area contributed by atoms with Crippen LogP contribution in [0, 0.1) is 13.8 Å². The number of nitrogens with zero attached hydrogens (tertiary/aromatic N) is 1. The normalized spacial score (nSPS) is 10.5. The molecule has 2 amide bonds. The van der Waals surface area contributed by atoms with Gasteiger partial charge in [0.1, 0.15) is 0 Å². The summed E-state index contributed by atoms with van der Waals surface area (Å²) in [5.74, 6) is 0.171. The molecule has 1 aromatic carbocycles. The Morgan fingerprint density at radius 3 is 2.12 bits per heavy atom. The smallest absolute Gasteiger partial charge is 0.326 e. The van der Waals surface area contributed by atoms with Crippen molar-refractivity contribution >= 4 is 42.5 Å². The maximum atomic E-state index is 12.0. The lowest BCUT2D eigenvalue weighted by molar-refractivity contribution is 0.256. The van der Waals surface area contributed by atoms with E-state index in [0.717, 1.165) is 29.7 Å². The van der Waals surface area contributed by atoms with Gasteiger partial charge in [-0.15, -0.1) is 24.8 Å². The first-order chi connectivity index (χ1) is 11.5. The number of unbranched alkanes of at least 4 members (excludes halogenated alkanes) is 6. The summed E-state index contributed by atoms with van der Waals surface area (Å²) < 4.78 is 0. The minimum atomic E-state index is -0.354. The van der Waals surface area contributed by atoms with Gasteiger partial charge in [0, 0.05) is 12.2 Å². The molecule has 1 aromatic rings. The number of benzene rings is 1. The van der Waals surface area contributed by atoms with Gasteiger partial charge in [-0.2, -0.15) is 0 Å². The van der Waals surface area contributed by atoms with Gasteiger partial charge in [0.2, 0.25) is 0 Å². The number of nitrogens with two attached hydrogens (primary N) is 1. The fourth-order valence-electron chi connectivity index (χ4n) is 2.58. The van der Waals surface area contributed by atoms with E-state index in [1.54, 1.807) is 0 Å². The van der Waals surface area contributed by atoms with Crippen LogP contribution in [0.3, 0.4) is 0 Å². The Labute approximate surface area is 170 Å². The molecule has 0 fully saturated rings.